The van der Waals surface area contributed by atoms with Crippen molar-refractivity contribution in [3.05, 3.63) is 59.3 Å². The van der Waals surface area contributed by atoms with Crippen LogP contribution in [-0.4, -0.2) is 73.2 Å². The molecule has 1 aromatic carbocycles. The van der Waals surface area contributed by atoms with Gasteiger partial charge in [0.05, 0.1) is 18.8 Å². The van der Waals surface area contributed by atoms with Crippen molar-refractivity contribution in [2.75, 3.05) is 51.7 Å². The minimum Gasteiger partial charge on any atom is -0.354 e. The summed E-state index contributed by atoms with van der Waals surface area (Å²) in [6.45, 7) is 4.73. The number of hydrogen-bond donors (Lipinski definition) is 0. The van der Waals surface area contributed by atoms with Crippen LogP contribution in [0.1, 0.15) is 16.7 Å². The number of aromatic nitrogens is 1. The van der Waals surface area contributed by atoms with E-state index in [0.29, 0.717) is 6.54 Å². The monoisotopic (exact) mass is 363 g/mol. The van der Waals surface area contributed by atoms with Gasteiger partial charge in [-0.1, -0.05) is 24.3 Å². The van der Waals surface area contributed by atoms with E-state index in [1.165, 1.54) is 11.1 Å². The smallest absolute Gasteiger partial charge is 0.236 e. The molecule has 4 rings (SSSR count). The average molecular weight is 363 g/mol. The van der Waals surface area contributed by atoms with E-state index in [2.05, 4.69) is 45.1 Å². The highest BCUT2D eigenvalue weighted by atomic mass is 16.2. The maximum absolute atomic E-state index is 11.9. The molecule has 6 heteroatoms. The van der Waals surface area contributed by atoms with Crippen LogP contribution in [0, 0.1) is 0 Å². The van der Waals surface area contributed by atoms with Crippen LogP contribution in [0.3, 0.4) is 0 Å². The number of likely N-dealkylation sites (N-methyl/N-ethyl adjacent to an activating group) is 1. The zero-order valence-electron chi connectivity index (χ0n) is 15.9. The standard InChI is InChI=1S/C21H25N5O/c1-24(2)20(27)15-25-9-11-26(12-10-25)19-13-16(7-8-22-19)21-18-6-4-3-5-17(18)14-23-21/h3-8,13H,9-12,14-15H2,1-2H3. The third-order valence-corrected chi connectivity index (χ3v) is 5.25. The molecule has 0 atom stereocenters. The van der Waals surface area contributed by atoms with Crippen LogP contribution in [0.2, 0.25) is 0 Å². The van der Waals surface area contributed by atoms with Gasteiger partial charge in [0.1, 0.15) is 5.82 Å². The number of pyridine rings is 1. The maximum Gasteiger partial charge on any atom is 0.236 e. The molecule has 2 aliphatic rings. The minimum absolute atomic E-state index is 0.154. The summed E-state index contributed by atoms with van der Waals surface area (Å²) in [5.41, 5.74) is 4.69. The van der Waals surface area contributed by atoms with Crippen molar-refractivity contribution in [3.8, 4) is 0 Å². The number of carbonyl (C=O) groups is 1. The highest BCUT2D eigenvalue weighted by molar-refractivity contribution is 6.15. The van der Waals surface area contributed by atoms with Gasteiger partial charge < -0.3 is 9.80 Å². The maximum atomic E-state index is 11.9. The van der Waals surface area contributed by atoms with Gasteiger partial charge in [0.15, 0.2) is 0 Å². The fourth-order valence-corrected chi connectivity index (χ4v) is 3.59. The van der Waals surface area contributed by atoms with Gasteiger partial charge in [0, 0.05) is 57.6 Å². The molecule has 0 N–H and O–H groups in total. The Morgan fingerprint density at radius 1 is 1.11 bits per heavy atom. The Morgan fingerprint density at radius 2 is 1.89 bits per heavy atom. The molecule has 0 bridgehead atoms. The van der Waals surface area contributed by atoms with Gasteiger partial charge in [-0.15, -0.1) is 0 Å². The van der Waals surface area contributed by atoms with E-state index < -0.39 is 0 Å². The number of benzene rings is 1. The summed E-state index contributed by atoms with van der Waals surface area (Å²) in [6.07, 6.45) is 1.87. The summed E-state index contributed by atoms with van der Waals surface area (Å²) < 4.78 is 0. The number of nitrogens with zero attached hydrogens (tertiary/aromatic N) is 5. The molecule has 140 valence electrons. The van der Waals surface area contributed by atoms with Crippen molar-refractivity contribution in [2.45, 2.75) is 6.54 Å². The van der Waals surface area contributed by atoms with Crippen molar-refractivity contribution >= 4 is 17.4 Å². The molecule has 1 amide bonds. The Hall–Kier alpha value is -2.73. The predicted molar refractivity (Wildman–Crippen MR) is 107 cm³/mol. The summed E-state index contributed by atoms with van der Waals surface area (Å²) in [5.74, 6) is 1.14. The number of anilines is 1. The summed E-state index contributed by atoms with van der Waals surface area (Å²) in [7, 11) is 3.61. The van der Waals surface area contributed by atoms with E-state index in [-0.39, 0.29) is 5.91 Å². The Kier molecular flexibility index (Phi) is 4.90. The van der Waals surface area contributed by atoms with Gasteiger partial charge >= 0.3 is 0 Å². The molecule has 3 heterocycles. The molecular formula is C21H25N5O. The normalized spacial score (nSPS) is 16.8. The Morgan fingerprint density at radius 3 is 2.67 bits per heavy atom. The molecule has 0 saturated carbocycles. The van der Waals surface area contributed by atoms with Crippen molar-refractivity contribution in [2.24, 2.45) is 4.99 Å². The lowest BCUT2D eigenvalue weighted by molar-refractivity contribution is -0.129. The number of piperazine rings is 1. The topological polar surface area (TPSA) is 52.0 Å². The number of carbonyl (C=O) groups excluding carboxylic acids is 1. The summed E-state index contributed by atoms with van der Waals surface area (Å²) >= 11 is 0. The largest absolute Gasteiger partial charge is 0.354 e. The predicted octanol–water partition coefficient (Wildman–Crippen LogP) is 1.64. The van der Waals surface area contributed by atoms with Crippen LogP contribution in [0.5, 0.6) is 0 Å². The molecule has 27 heavy (non-hydrogen) atoms. The van der Waals surface area contributed by atoms with Gasteiger partial charge in [-0.3, -0.25) is 14.7 Å². The van der Waals surface area contributed by atoms with Crippen LogP contribution in [-0.2, 0) is 11.3 Å². The molecule has 1 saturated heterocycles. The number of rotatable bonds is 4. The van der Waals surface area contributed by atoms with Crippen LogP contribution in [0.25, 0.3) is 0 Å². The van der Waals surface area contributed by atoms with Gasteiger partial charge in [-0.05, 0) is 17.7 Å². The molecule has 2 aliphatic heterocycles. The molecular weight excluding hydrogens is 338 g/mol. The molecule has 0 spiro atoms. The van der Waals surface area contributed by atoms with Crippen LogP contribution >= 0.6 is 0 Å². The first-order valence-corrected chi connectivity index (χ1v) is 9.38. The van der Waals surface area contributed by atoms with Crippen LogP contribution in [0.4, 0.5) is 5.82 Å². The summed E-state index contributed by atoms with van der Waals surface area (Å²) in [4.78, 5) is 27.4. The number of fused-ring (bicyclic) bond motifs is 1. The number of amides is 1. The fourth-order valence-electron chi connectivity index (χ4n) is 3.59. The second kappa shape index (κ2) is 7.48. The summed E-state index contributed by atoms with van der Waals surface area (Å²) in [6, 6.07) is 12.6. The lowest BCUT2D eigenvalue weighted by Crippen LogP contribution is -2.49. The first-order valence-electron chi connectivity index (χ1n) is 9.38. The third-order valence-electron chi connectivity index (χ3n) is 5.25. The third kappa shape index (κ3) is 3.71. The van der Waals surface area contributed by atoms with E-state index in [1.54, 1.807) is 19.0 Å². The highest BCUT2D eigenvalue weighted by Crippen LogP contribution is 2.24. The van der Waals surface area contributed by atoms with Crippen LogP contribution in [0.15, 0.2) is 47.6 Å². The van der Waals surface area contributed by atoms with E-state index in [4.69, 9.17) is 4.99 Å². The first kappa shape index (κ1) is 17.7. The Balaban J connectivity index is 1.45. The van der Waals surface area contributed by atoms with Gasteiger partial charge in [0.2, 0.25) is 5.91 Å². The molecule has 1 aromatic heterocycles. The highest BCUT2D eigenvalue weighted by Gasteiger charge is 2.22. The SMILES string of the molecule is CN(C)C(=O)CN1CCN(c2cc(C3=NCc4ccccc43)ccn2)CC1. The second-order valence-corrected chi connectivity index (χ2v) is 7.28. The number of hydrogen-bond acceptors (Lipinski definition) is 5. The second-order valence-electron chi connectivity index (χ2n) is 7.28. The lowest BCUT2D eigenvalue weighted by atomic mass is 10.0. The summed E-state index contributed by atoms with van der Waals surface area (Å²) in [5, 5.41) is 0. The van der Waals surface area contributed by atoms with Gasteiger partial charge in [-0.25, -0.2) is 4.98 Å². The zero-order valence-corrected chi connectivity index (χ0v) is 15.9. The molecule has 1 fully saturated rings. The molecule has 0 radical (unpaired) electrons. The van der Waals surface area contributed by atoms with E-state index in [1.807, 2.05) is 12.3 Å². The quantitative estimate of drug-likeness (QED) is 0.829. The first-order chi connectivity index (χ1) is 13.1. The fraction of sp³-hybridized carbons (Fsp3) is 0.381. The van der Waals surface area contributed by atoms with Gasteiger partial charge in [-0.2, -0.15) is 0 Å². The van der Waals surface area contributed by atoms with Crippen molar-refractivity contribution in [1.29, 1.82) is 0 Å². The van der Waals surface area contributed by atoms with E-state index >= 15 is 0 Å². The number of aliphatic imine (C=N–C) groups is 1. The zero-order chi connectivity index (χ0) is 18.8. The lowest BCUT2D eigenvalue weighted by Gasteiger charge is -2.35. The average Bonchev–Trinajstić information content (AvgIpc) is 3.13. The van der Waals surface area contributed by atoms with Crippen molar-refractivity contribution in [3.63, 3.8) is 0 Å². The molecule has 6 nitrogen and oxygen atoms in total. The van der Waals surface area contributed by atoms with E-state index in [9.17, 15) is 4.79 Å². The van der Waals surface area contributed by atoms with Crippen LogP contribution < -0.4 is 4.90 Å². The Bertz CT molecular complexity index is 868. The van der Waals surface area contributed by atoms with Crippen molar-refractivity contribution < 1.29 is 4.79 Å². The Labute approximate surface area is 160 Å². The molecule has 0 aliphatic carbocycles. The minimum atomic E-state index is 0.154. The van der Waals surface area contributed by atoms with Crippen molar-refractivity contribution in [1.82, 2.24) is 14.8 Å². The van der Waals surface area contributed by atoms with E-state index in [0.717, 1.165) is 49.8 Å². The van der Waals surface area contributed by atoms with Gasteiger partial charge in [0.25, 0.3) is 0 Å². The molecule has 0 unspecified atom stereocenters. The molecule has 2 aromatic rings.